The maximum atomic E-state index is 14.0. The number of pyridine rings is 1. The number of carbonyl (C=O) groups is 2. The van der Waals surface area contributed by atoms with Crippen molar-refractivity contribution in [2.24, 2.45) is 7.05 Å². The maximum Gasteiger partial charge on any atom is 0.262 e. The summed E-state index contributed by atoms with van der Waals surface area (Å²) in [5.41, 5.74) is 1.82. The normalized spacial score (nSPS) is 13.5. The van der Waals surface area contributed by atoms with Crippen LogP contribution in [0.15, 0.2) is 99.5 Å². The van der Waals surface area contributed by atoms with Gasteiger partial charge in [0.05, 0.1) is 37.8 Å². The summed E-state index contributed by atoms with van der Waals surface area (Å²) < 4.78 is 44.4. The molecule has 2 unspecified atom stereocenters. The predicted octanol–water partition coefficient (Wildman–Crippen LogP) is 4.89. The Kier molecular flexibility index (Phi) is 6.59. The summed E-state index contributed by atoms with van der Waals surface area (Å²) in [5.74, 6) is -0.847. The molecule has 0 saturated heterocycles. The van der Waals surface area contributed by atoms with E-state index in [9.17, 15) is 31.9 Å². The molecule has 1 heterocycles. The minimum atomic E-state index is -2.53. The number of fused-ring (bicyclic) bond motifs is 2. The zero-order valence-corrected chi connectivity index (χ0v) is 22.9. The second-order valence-electron chi connectivity index (χ2n) is 9.35. The third-order valence-electron chi connectivity index (χ3n) is 7.11. The van der Waals surface area contributed by atoms with E-state index >= 15 is 0 Å². The number of hydrogen-bond acceptors (Lipinski definition) is 6. The lowest BCUT2D eigenvalue weighted by molar-refractivity contribution is 0.102. The van der Waals surface area contributed by atoms with Crippen molar-refractivity contribution in [3.63, 3.8) is 0 Å². The van der Waals surface area contributed by atoms with Gasteiger partial charge in [-0.2, -0.15) is 0 Å². The van der Waals surface area contributed by atoms with Crippen LogP contribution in [0.1, 0.15) is 31.8 Å². The fraction of sp³-hybridized carbons (Fsp3) is 0.0333. The van der Waals surface area contributed by atoms with Crippen molar-refractivity contribution in [1.29, 1.82) is 0 Å². The van der Waals surface area contributed by atoms with E-state index in [1.807, 2.05) is 0 Å². The molecule has 204 valence electrons. The Labute approximate surface area is 238 Å². The lowest BCUT2D eigenvalue weighted by atomic mass is 9.80. The number of aromatic nitrogens is 1. The molecule has 2 atom stereocenters. The minimum absolute atomic E-state index is 0.0702. The van der Waals surface area contributed by atoms with Crippen LogP contribution in [0.2, 0.25) is 0 Å². The second kappa shape index (κ2) is 10.1. The van der Waals surface area contributed by atoms with Crippen LogP contribution < -0.4 is 10.9 Å². The van der Waals surface area contributed by atoms with Crippen molar-refractivity contribution >= 4 is 56.0 Å². The lowest BCUT2D eigenvalue weighted by Gasteiger charge is -2.25. The van der Waals surface area contributed by atoms with Crippen LogP contribution in [-0.4, -0.2) is 33.7 Å². The first-order valence-electron chi connectivity index (χ1n) is 12.3. The summed E-state index contributed by atoms with van der Waals surface area (Å²) >= 11 is -4.91. The van der Waals surface area contributed by atoms with E-state index in [1.54, 1.807) is 66.7 Å². The molecule has 1 aliphatic rings. The molecular formula is C30H20N2O7S2. The Bertz CT molecular complexity index is 2050. The van der Waals surface area contributed by atoms with E-state index in [-0.39, 0.29) is 38.1 Å². The molecule has 41 heavy (non-hydrogen) atoms. The van der Waals surface area contributed by atoms with Crippen molar-refractivity contribution < 1.29 is 27.1 Å². The SMILES string of the molecule is Cn1c(=O)c(C(=O)c2ccccc2)c2c3c(c(Nc4ccc(S(=O)O)cc4S(=O)O)ccc31)C(=O)c1ccccc1-2. The molecular weight excluding hydrogens is 564 g/mol. The van der Waals surface area contributed by atoms with Gasteiger partial charge >= 0.3 is 0 Å². The summed E-state index contributed by atoms with van der Waals surface area (Å²) in [4.78, 5) is 41.3. The van der Waals surface area contributed by atoms with Crippen LogP contribution in [0.25, 0.3) is 22.0 Å². The highest BCUT2D eigenvalue weighted by molar-refractivity contribution is 7.80. The summed E-state index contributed by atoms with van der Waals surface area (Å²) in [6.07, 6.45) is 0. The topological polar surface area (TPSA) is 143 Å². The van der Waals surface area contributed by atoms with E-state index in [2.05, 4.69) is 5.32 Å². The number of carbonyl (C=O) groups excluding carboxylic acids is 2. The molecule has 0 aliphatic heterocycles. The van der Waals surface area contributed by atoms with Crippen LogP contribution in [0.4, 0.5) is 11.4 Å². The van der Waals surface area contributed by atoms with Crippen LogP contribution in [0.3, 0.4) is 0 Å². The molecule has 0 saturated carbocycles. The average molecular weight is 585 g/mol. The van der Waals surface area contributed by atoms with Gasteiger partial charge in [0.15, 0.2) is 33.7 Å². The first-order chi connectivity index (χ1) is 19.7. The largest absolute Gasteiger partial charge is 0.354 e. The van der Waals surface area contributed by atoms with E-state index < -0.39 is 33.5 Å². The molecule has 4 aromatic carbocycles. The molecule has 5 aromatic rings. The summed E-state index contributed by atoms with van der Waals surface area (Å²) in [7, 11) is 1.53. The fourth-order valence-electron chi connectivity index (χ4n) is 5.23. The van der Waals surface area contributed by atoms with E-state index in [4.69, 9.17) is 0 Å². The Balaban J connectivity index is 1.68. The number of ketones is 2. The number of aryl methyl sites for hydroxylation is 1. The van der Waals surface area contributed by atoms with Gasteiger partial charge < -0.3 is 19.0 Å². The van der Waals surface area contributed by atoms with Crippen LogP contribution in [0, 0.1) is 0 Å². The minimum Gasteiger partial charge on any atom is -0.354 e. The molecule has 6 rings (SSSR count). The monoisotopic (exact) mass is 584 g/mol. The highest BCUT2D eigenvalue weighted by Gasteiger charge is 2.34. The van der Waals surface area contributed by atoms with Crippen molar-refractivity contribution in [3.05, 3.63) is 118 Å². The Morgan fingerprint density at radius 3 is 2.12 bits per heavy atom. The lowest BCUT2D eigenvalue weighted by Crippen LogP contribution is -2.29. The zero-order valence-electron chi connectivity index (χ0n) is 21.3. The molecule has 1 aliphatic carbocycles. The number of benzene rings is 4. The molecule has 9 nitrogen and oxygen atoms in total. The third kappa shape index (κ3) is 4.26. The Hall–Kier alpha value is -4.55. The van der Waals surface area contributed by atoms with E-state index in [1.165, 1.54) is 23.7 Å². The highest BCUT2D eigenvalue weighted by atomic mass is 32.2. The maximum absolute atomic E-state index is 14.0. The molecule has 0 spiro atoms. The standard InChI is InChI=1S/C30H20N2O7S2/c1-32-22-14-13-21(31-20-12-11-17(40(36)37)15-23(20)41(38)39)25-26(22)24(18-9-5-6-10-19(18)29(25)34)27(30(32)35)28(33)16-7-3-2-4-8-16/h2-15,31H,1H3,(H,36,37)(H,38,39). The molecule has 1 aromatic heterocycles. The second-order valence-corrected chi connectivity index (χ2v) is 11.3. The molecule has 3 N–H and O–H groups in total. The molecule has 0 bridgehead atoms. The number of nitrogens with zero attached hydrogens (tertiary/aromatic N) is 1. The average Bonchev–Trinajstić information content (AvgIpc) is 2.98. The van der Waals surface area contributed by atoms with Crippen molar-refractivity contribution in [2.75, 3.05) is 5.32 Å². The molecule has 0 amide bonds. The van der Waals surface area contributed by atoms with Gasteiger partial charge in [-0.1, -0.05) is 54.6 Å². The first-order valence-corrected chi connectivity index (χ1v) is 14.5. The first kappa shape index (κ1) is 26.7. The van der Waals surface area contributed by atoms with Gasteiger partial charge in [0, 0.05) is 29.1 Å². The summed E-state index contributed by atoms with van der Waals surface area (Å²) in [6, 6.07) is 22.2. The van der Waals surface area contributed by atoms with E-state index in [0.717, 1.165) is 6.07 Å². The summed E-state index contributed by atoms with van der Waals surface area (Å²) in [6.45, 7) is 0. The van der Waals surface area contributed by atoms with Crippen molar-refractivity contribution in [1.82, 2.24) is 4.57 Å². The van der Waals surface area contributed by atoms with Crippen LogP contribution in [-0.2, 0) is 29.2 Å². The van der Waals surface area contributed by atoms with Crippen LogP contribution in [0.5, 0.6) is 0 Å². The number of nitrogens with one attached hydrogen (secondary N) is 1. The fourth-order valence-corrected chi connectivity index (χ4v) is 6.24. The van der Waals surface area contributed by atoms with Crippen molar-refractivity contribution in [3.8, 4) is 11.1 Å². The van der Waals surface area contributed by atoms with Crippen LogP contribution >= 0.6 is 0 Å². The number of anilines is 2. The number of rotatable bonds is 6. The van der Waals surface area contributed by atoms with Gasteiger partial charge in [0.25, 0.3) is 5.56 Å². The van der Waals surface area contributed by atoms with Crippen molar-refractivity contribution in [2.45, 2.75) is 9.79 Å². The Morgan fingerprint density at radius 1 is 0.780 bits per heavy atom. The molecule has 11 heteroatoms. The Morgan fingerprint density at radius 2 is 1.44 bits per heavy atom. The highest BCUT2D eigenvalue weighted by Crippen LogP contribution is 2.44. The van der Waals surface area contributed by atoms with Gasteiger partial charge in [-0.05, 0) is 35.9 Å². The van der Waals surface area contributed by atoms with E-state index in [0.29, 0.717) is 33.2 Å². The third-order valence-corrected chi connectivity index (χ3v) is 8.48. The molecule has 0 radical (unpaired) electrons. The molecule has 0 fully saturated rings. The predicted molar refractivity (Wildman–Crippen MR) is 156 cm³/mol. The smallest absolute Gasteiger partial charge is 0.262 e. The zero-order chi connectivity index (χ0) is 29.0. The van der Waals surface area contributed by atoms with Gasteiger partial charge in [-0.3, -0.25) is 14.4 Å². The van der Waals surface area contributed by atoms with Gasteiger partial charge in [-0.15, -0.1) is 0 Å². The van der Waals surface area contributed by atoms with Gasteiger partial charge in [0.1, 0.15) is 0 Å². The summed E-state index contributed by atoms with van der Waals surface area (Å²) in [5, 5.41) is 3.43. The number of hydrogen-bond donors (Lipinski definition) is 3. The van der Waals surface area contributed by atoms with Gasteiger partial charge in [0.2, 0.25) is 0 Å². The quantitative estimate of drug-likeness (QED) is 0.186. The van der Waals surface area contributed by atoms with Gasteiger partial charge in [-0.25, -0.2) is 8.42 Å².